The number of carboxylic acids is 1. The minimum absolute atomic E-state index is 0.000839. The van der Waals surface area contributed by atoms with Gasteiger partial charge in [0.1, 0.15) is 4.34 Å². The Labute approximate surface area is 133 Å². The lowest BCUT2D eigenvalue weighted by molar-refractivity contribution is -0.136. The standard InChI is InChI=1S/C14H22N2O3S2/c1-10(2)6-16-3-4-19-12(7-16)9-21-14-15-11(8-20-14)5-13(17)18/h8,10,12H,3-7,9H2,1-2H3,(H,17,18). The molecule has 1 aliphatic rings. The van der Waals surface area contributed by atoms with Crippen LogP contribution in [0.25, 0.3) is 0 Å². The van der Waals surface area contributed by atoms with Crippen molar-refractivity contribution in [2.75, 3.05) is 32.0 Å². The summed E-state index contributed by atoms with van der Waals surface area (Å²) >= 11 is 3.17. The third-order valence-electron chi connectivity index (χ3n) is 3.10. The first kappa shape index (κ1) is 16.7. The fourth-order valence-electron chi connectivity index (χ4n) is 2.32. The first-order valence-corrected chi connectivity index (χ1v) is 9.02. The van der Waals surface area contributed by atoms with Gasteiger partial charge in [-0.2, -0.15) is 0 Å². The van der Waals surface area contributed by atoms with Gasteiger partial charge in [-0.1, -0.05) is 25.6 Å². The molecule has 0 bridgehead atoms. The van der Waals surface area contributed by atoms with Crippen molar-refractivity contribution in [1.29, 1.82) is 0 Å². The zero-order valence-corrected chi connectivity index (χ0v) is 14.1. The molecular formula is C14H22N2O3S2. The van der Waals surface area contributed by atoms with Crippen molar-refractivity contribution in [1.82, 2.24) is 9.88 Å². The molecule has 1 aliphatic heterocycles. The molecule has 2 heterocycles. The highest BCUT2D eigenvalue weighted by atomic mass is 32.2. The van der Waals surface area contributed by atoms with Gasteiger partial charge >= 0.3 is 5.97 Å². The minimum atomic E-state index is -0.836. The monoisotopic (exact) mass is 330 g/mol. The Morgan fingerprint density at radius 3 is 3.19 bits per heavy atom. The molecule has 0 aromatic carbocycles. The van der Waals surface area contributed by atoms with Gasteiger partial charge < -0.3 is 9.84 Å². The molecule has 0 spiro atoms. The number of thioether (sulfide) groups is 1. The van der Waals surface area contributed by atoms with E-state index in [9.17, 15) is 4.79 Å². The van der Waals surface area contributed by atoms with Crippen LogP contribution in [0.15, 0.2) is 9.72 Å². The summed E-state index contributed by atoms with van der Waals surface area (Å²) in [6.45, 7) is 8.36. The summed E-state index contributed by atoms with van der Waals surface area (Å²) in [5.74, 6) is 0.708. The lowest BCUT2D eigenvalue weighted by Crippen LogP contribution is -2.44. The number of hydrogen-bond acceptors (Lipinski definition) is 6. The normalized spacial score (nSPS) is 20.0. The average Bonchev–Trinajstić information content (AvgIpc) is 2.83. The number of carboxylic acid groups (broad SMARTS) is 1. The van der Waals surface area contributed by atoms with Crippen LogP contribution in [-0.2, 0) is 16.0 Å². The van der Waals surface area contributed by atoms with Crippen LogP contribution < -0.4 is 0 Å². The van der Waals surface area contributed by atoms with E-state index >= 15 is 0 Å². The Morgan fingerprint density at radius 1 is 1.67 bits per heavy atom. The summed E-state index contributed by atoms with van der Waals surface area (Å²) in [5, 5.41) is 10.6. The highest BCUT2D eigenvalue weighted by Crippen LogP contribution is 2.25. The van der Waals surface area contributed by atoms with Gasteiger partial charge in [0.25, 0.3) is 0 Å². The molecule has 0 saturated carbocycles. The number of ether oxygens (including phenoxy) is 1. The molecule has 1 N–H and O–H groups in total. The zero-order valence-electron chi connectivity index (χ0n) is 12.4. The lowest BCUT2D eigenvalue weighted by atomic mass is 10.2. The summed E-state index contributed by atoms with van der Waals surface area (Å²) in [7, 11) is 0. The van der Waals surface area contributed by atoms with Gasteiger partial charge in [0.2, 0.25) is 0 Å². The molecule has 1 fully saturated rings. The second-order valence-electron chi connectivity index (χ2n) is 5.63. The van der Waals surface area contributed by atoms with E-state index in [1.54, 1.807) is 11.8 Å². The van der Waals surface area contributed by atoms with Crippen LogP contribution in [0.2, 0.25) is 0 Å². The van der Waals surface area contributed by atoms with Crippen molar-refractivity contribution in [2.45, 2.75) is 30.7 Å². The number of morpholine rings is 1. The van der Waals surface area contributed by atoms with Crippen LogP contribution in [-0.4, -0.2) is 59.1 Å². The summed E-state index contributed by atoms with van der Waals surface area (Å²) in [4.78, 5) is 17.4. The summed E-state index contributed by atoms with van der Waals surface area (Å²) in [5.41, 5.74) is 0.640. The molecule has 118 valence electrons. The van der Waals surface area contributed by atoms with Gasteiger partial charge in [-0.15, -0.1) is 11.3 Å². The second-order valence-corrected chi connectivity index (χ2v) is 7.76. The Bertz CT molecular complexity index is 465. The van der Waals surface area contributed by atoms with Crippen molar-refractivity contribution in [3.05, 3.63) is 11.1 Å². The number of carbonyl (C=O) groups is 1. The lowest BCUT2D eigenvalue weighted by Gasteiger charge is -2.33. The Morgan fingerprint density at radius 2 is 2.48 bits per heavy atom. The van der Waals surface area contributed by atoms with Crippen LogP contribution in [0, 0.1) is 5.92 Å². The highest BCUT2D eigenvalue weighted by Gasteiger charge is 2.21. The maximum atomic E-state index is 10.6. The molecular weight excluding hydrogens is 308 g/mol. The van der Waals surface area contributed by atoms with Gasteiger partial charge in [-0.25, -0.2) is 4.98 Å². The summed E-state index contributed by atoms with van der Waals surface area (Å²) in [6.07, 6.45) is 0.230. The first-order chi connectivity index (χ1) is 10.0. The molecule has 1 aromatic heterocycles. The Hall–Kier alpha value is -0.630. The molecule has 1 unspecified atom stereocenters. The van der Waals surface area contributed by atoms with Crippen molar-refractivity contribution >= 4 is 29.1 Å². The molecule has 0 aliphatic carbocycles. The molecule has 1 aromatic rings. The number of hydrogen-bond donors (Lipinski definition) is 1. The summed E-state index contributed by atoms with van der Waals surface area (Å²) < 4.78 is 6.73. The van der Waals surface area contributed by atoms with E-state index in [-0.39, 0.29) is 12.5 Å². The minimum Gasteiger partial charge on any atom is -0.481 e. The Balaban J connectivity index is 1.77. The van der Waals surface area contributed by atoms with Crippen molar-refractivity contribution in [3.8, 4) is 0 Å². The third kappa shape index (κ3) is 5.94. The topological polar surface area (TPSA) is 62.7 Å². The van der Waals surface area contributed by atoms with Crippen LogP contribution >= 0.6 is 23.1 Å². The van der Waals surface area contributed by atoms with Gasteiger partial charge in [0.05, 0.1) is 24.8 Å². The van der Waals surface area contributed by atoms with Crippen LogP contribution in [0.3, 0.4) is 0 Å². The predicted octanol–water partition coefficient (Wildman–Crippen LogP) is 2.22. The molecule has 7 heteroatoms. The van der Waals surface area contributed by atoms with Crippen LogP contribution in [0.5, 0.6) is 0 Å². The molecule has 1 atom stereocenters. The number of rotatable bonds is 7. The van der Waals surface area contributed by atoms with E-state index < -0.39 is 5.97 Å². The van der Waals surface area contributed by atoms with Crippen LogP contribution in [0.4, 0.5) is 0 Å². The molecule has 21 heavy (non-hydrogen) atoms. The average molecular weight is 330 g/mol. The maximum absolute atomic E-state index is 10.6. The zero-order chi connectivity index (χ0) is 15.2. The van der Waals surface area contributed by atoms with Crippen molar-refractivity contribution < 1.29 is 14.6 Å². The van der Waals surface area contributed by atoms with E-state index in [0.717, 1.165) is 36.3 Å². The van der Waals surface area contributed by atoms with Gasteiger partial charge in [0.15, 0.2) is 0 Å². The largest absolute Gasteiger partial charge is 0.481 e. The first-order valence-electron chi connectivity index (χ1n) is 7.16. The number of aliphatic carboxylic acids is 1. The fourth-order valence-corrected chi connectivity index (χ4v) is 4.19. The highest BCUT2D eigenvalue weighted by molar-refractivity contribution is 8.01. The second kappa shape index (κ2) is 8.12. The quantitative estimate of drug-likeness (QED) is 0.774. The molecule has 1 saturated heterocycles. The van der Waals surface area contributed by atoms with Gasteiger partial charge in [-0.05, 0) is 5.92 Å². The fraction of sp³-hybridized carbons (Fsp3) is 0.714. The predicted molar refractivity (Wildman–Crippen MR) is 85.2 cm³/mol. The van der Waals surface area contributed by atoms with Crippen molar-refractivity contribution in [3.63, 3.8) is 0 Å². The van der Waals surface area contributed by atoms with E-state index in [1.165, 1.54) is 11.3 Å². The molecule has 5 nitrogen and oxygen atoms in total. The van der Waals surface area contributed by atoms with E-state index in [1.807, 2.05) is 5.38 Å². The maximum Gasteiger partial charge on any atom is 0.309 e. The third-order valence-corrected chi connectivity index (χ3v) is 5.30. The van der Waals surface area contributed by atoms with Crippen molar-refractivity contribution in [2.24, 2.45) is 5.92 Å². The smallest absolute Gasteiger partial charge is 0.309 e. The number of thiazole rings is 1. The number of aromatic nitrogens is 1. The molecule has 0 radical (unpaired) electrons. The summed E-state index contributed by atoms with van der Waals surface area (Å²) in [6, 6.07) is 0. The van der Waals surface area contributed by atoms with E-state index in [4.69, 9.17) is 9.84 Å². The van der Waals surface area contributed by atoms with E-state index in [0.29, 0.717) is 11.6 Å². The van der Waals surface area contributed by atoms with Gasteiger partial charge in [-0.3, -0.25) is 9.69 Å². The SMILES string of the molecule is CC(C)CN1CCOC(CSc2nc(CC(=O)O)cs2)C1. The van der Waals surface area contributed by atoms with Gasteiger partial charge in [0, 0.05) is 30.8 Å². The molecule has 0 amide bonds. The number of nitrogens with zero attached hydrogens (tertiary/aromatic N) is 2. The van der Waals surface area contributed by atoms with E-state index in [2.05, 4.69) is 23.7 Å². The van der Waals surface area contributed by atoms with Crippen LogP contribution in [0.1, 0.15) is 19.5 Å². The Kier molecular flexibility index (Phi) is 6.47. The molecule has 2 rings (SSSR count).